The van der Waals surface area contributed by atoms with E-state index < -0.39 is 0 Å². The SMILES string of the molecule is CN(C)CCN(C(=O)C1(CN)CC1)C1CCCC1. The number of likely N-dealkylation sites (N-methyl/N-ethyl adjacent to an activating group) is 1. The van der Waals surface area contributed by atoms with Crippen LogP contribution in [0.5, 0.6) is 0 Å². The van der Waals surface area contributed by atoms with Gasteiger partial charge in [-0.3, -0.25) is 4.79 Å². The Morgan fingerprint density at radius 3 is 2.28 bits per heavy atom. The fraction of sp³-hybridized carbons (Fsp3) is 0.929. The maximum absolute atomic E-state index is 12.7. The van der Waals surface area contributed by atoms with E-state index in [1.807, 2.05) is 0 Å². The van der Waals surface area contributed by atoms with Crippen LogP contribution in [0, 0.1) is 5.41 Å². The molecule has 0 aromatic rings. The van der Waals surface area contributed by atoms with Crippen molar-refractivity contribution in [3.05, 3.63) is 0 Å². The predicted molar refractivity (Wildman–Crippen MR) is 73.2 cm³/mol. The molecule has 2 aliphatic rings. The monoisotopic (exact) mass is 253 g/mol. The molecule has 0 heterocycles. The normalized spacial score (nSPS) is 22.4. The molecule has 0 aliphatic heterocycles. The molecule has 2 aliphatic carbocycles. The zero-order valence-electron chi connectivity index (χ0n) is 11.8. The highest BCUT2D eigenvalue weighted by molar-refractivity contribution is 5.86. The largest absolute Gasteiger partial charge is 0.338 e. The minimum atomic E-state index is -0.186. The molecule has 1 amide bonds. The molecule has 4 nitrogen and oxygen atoms in total. The molecule has 0 radical (unpaired) electrons. The van der Waals surface area contributed by atoms with Crippen molar-refractivity contribution in [2.75, 3.05) is 33.7 Å². The van der Waals surface area contributed by atoms with Gasteiger partial charge in [0.05, 0.1) is 5.41 Å². The van der Waals surface area contributed by atoms with Crippen LogP contribution >= 0.6 is 0 Å². The first kappa shape index (κ1) is 13.8. The van der Waals surface area contributed by atoms with Gasteiger partial charge in [0.1, 0.15) is 0 Å². The minimum absolute atomic E-state index is 0.186. The Bertz CT molecular complexity index is 293. The molecule has 0 atom stereocenters. The average Bonchev–Trinajstić information content (AvgIpc) is 2.98. The molecule has 4 heteroatoms. The van der Waals surface area contributed by atoms with Gasteiger partial charge in [0.15, 0.2) is 0 Å². The number of hydrogen-bond acceptors (Lipinski definition) is 3. The van der Waals surface area contributed by atoms with Gasteiger partial charge >= 0.3 is 0 Å². The number of carbonyl (C=O) groups excluding carboxylic acids is 1. The molecule has 0 aromatic heterocycles. The lowest BCUT2D eigenvalue weighted by Crippen LogP contribution is -2.47. The summed E-state index contributed by atoms with van der Waals surface area (Å²) in [5, 5.41) is 0. The molecule has 0 bridgehead atoms. The first-order valence-corrected chi connectivity index (χ1v) is 7.25. The van der Waals surface area contributed by atoms with Gasteiger partial charge in [0.2, 0.25) is 5.91 Å². The third-order valence-corrected chi connectivity index (χ3v) is 4.51. The summed E-state index contributed by atoms with van der Waals surface area (Å²) in [6, 6.07) is 0.474. The van der Waals surface area contributed by atoms with Crippen LogP contribution in [0.3, 0.4) is 0 Å². The van der Waals surface area contributed by atoms with Crippen molar-refractivity contribution < 1.29 is 4.79 Å². The van der Waals surface area contributed by atoms with E-state index in [1.54, 1.807) is 0 Å². The minimum Gasteiger partial charge on any atom is -0.338 e. The molecule has 18 heavy (non-hydrogen) atoms. The molecule has 0 saturated heterocycles. The van der Waals surface area contributed by atoms with Crippen LogP contribution in [0.25, 0.3) is 0 Å². The second kappa shape index (κ2) is 5.57. The second-order valence-electron chi connectivity index (χ2n) is 6.22. The summed E-state index contributed by atoms with van der Waals surface area (Å²) >= 11 is 0. The molecule has 104 valence electrons. The van der Waals surface area contributed by atoms with Gasteiger partial charge in [-0.05, 0) is 39.8 Å². The predicted octanol–water partition coefficient (Wildman–Crippen LogP) is 1.06. The van der Waals surface area contributed by atoms with Gasteiger partial charge in [-0.1, -0.05) is 12.8 Å². The van der Waals surface area contributed by atoms with Gasteiger partial charge < -0.3 is 15.5 Å². The lowest BCUT2D eigenvalue weighted by Gasteiger charge is -2.33. The Balaban J connectivity index is 2.01. The molecular formula is C14H27N3O. The van der Waals surface area contributed by atoms with Gasteiger partial charge in [0, 0.05) is 25.7 Å². The topological polar surface area (TPSA) is 49.6 Å². The summed E-state index contributed by atoms with van der Waals surface area (Å²) in [6.07, 6.45) is 6.89. The number of nitrogens with two attached hydrogens (primary N) is 1. The van der Waals surface area contributed by atoms with E-state index in [9.17, 15) is 4.79 Å². The highest BCUT2D eigenvalue weighted by Gasteiger charge is 2.51. The summed E-state index contributed by atoms with van der Waals surface area (Å²) in [4.78, 5) is 17.0. The van der Waals surface area contributed by atoms with Crippen molar-refractivity contribution in [1.29, 1.82) is 0 Å². The van der Waals surface area contributed by atoms with Crippen molar-refractivity contribution in [2.24, 2.45) is 11.1 Å². The van der Waals surface area contributed by atoms with Crippen LogP contribution in [0.1, 0.15) is 38.5 Å². The third-order valence-electron chi connectivity index (χ3n) is 4.51. The van der Waals surface area contributed by atoms with Crippen LogP contribution in [-0.2, 0) is 4.79 Å². The third kappa shape index (κ3) is 2.86. The zero-order chi connectivity index (χ0) is 13.2. The Morgan fingerprint density at radius 2 is 1.83 bits per heavy atom. The lowest BCUT2D eigenvalue weighted by molar-refractivity contribution is -0.139. The molecule has 0 aromatic carbocycles. The Morgan fingerprint density at radius 1 is 1.22 bits per heavy atom. The van der Waals surface area contributed by atoms with Crippen molar-refractivity contribution in [1.82, 2.24) is 9.80 Å². The van der Waals surface area contributed by atoms with E-state index in [-0.39, 0.29) is 5.41 Å². The number of nitrogens with zero attached hydrogens (tertiary/aromatic N) is 2. The molecule has 0 unspecified atom stereocenters. The summed E-state index contributed by atoms with van der Waals surface area (Å²) in [6.45, 7) is 2.33. The first-order valence-electron chi connectivity index (χ1n) is 7.25. The fourth-order valence-corrected chi connectivity index (χ4v) is 2.93. The number of carbonyl (C=O) groups is 1. The summed E-state index contributed by atoms with van der Waals surface area (Å²) in [7, 11) is 4.13. The van der Waals surface area contributed by atoms with Crippen molar-refractivity contribution >= 4 is 5.91 Å². The fourth-order valence-electron chi connectivity index (χ4n) is 2.93. The second-order valence-corrected chi connectivity index (χ2v) is 6.22. The van der Waals surface area contributed by atoms with Crippen molar-refractivity contribution in [3.8, 4) is 0 Å². The Hall–Kier alpha value is -0.610. The number of hydrogen-bond donors (Lipinski definition) is 1. The van der Waals surface area contributed by atoms with Gasteiger partial charge in [-0.2, -0.15) is 0 Å². The average molecular weight is 253 g/mol. The van der Waals surface area contributed by atoms with Gasteiger partial charge in [-0.25, -0.2) is 0 Å². The highest BCUT2D eigenvalue weighted by atomic mass is 16.2. The molecule has 2 saturated carbocycles. The van der Waals surface area contributed by atoms with E-state index in [2.05, 4.69) is 23.9 Å². The van der Waals surface area contributed by atoms with Crippen LogP contribution in [-0.4, -0.2) is 55.5 Å². The van der Waals surface area contributed by atoms with Crippen molar-refractivity contribution in [2.45, 2.75) is 44.6 Å². The zero-order valence-corrected chi connectivity index (χ0v) is 11.8. The molecule has 2 fully saturated rings. The summed E-state index contributed by atoms with van der Waals surface area (Å²) < 4.78 is 0. The maximum atomic E-state index is 12.7. The summed E-state index contributed by atoms with van der Waals surface area (Å²) in [5.74, 6) is 0.332. The lowest BCUT2D eigenvalue weighted by atomic mass is 10.0. The van der Waals surface area contributed by atoms with Gasteiger partial charge in [-0.15, -0.1) is 0 Å². The smallest absolute Gasteiger partial charge is 0.230 e. The number of amides is 1. The first-order chi connectivity index (χ1) is 8.59. The van der Waals surface area contributed by atoms with Crippen LogP contribution in [0.4, 0.5) is 0 Å². The van der Waals surface area contributed by atoms with E-state index in [1.165, 1.54) is 25.7 Å². The molecule has 2 rings (SSSR count). The molecular weight excluding hydrogens is 226 g/mol. The van der Waals surface area contributed by atoms with Crippen molar-refractivity contribution in [3.63, 3.8) is 0 Å². The Labute approximate surface area is 110 Å². The van der Waals surface area contributed by atoms with Crippen LogP contribution in [0.15, 0.2) is 0 Å². The quantitative estimate of drug-likeness (QED) is 0.770. The van der Waals surface area contributed by atoms with Crippen LogP contribution in [0.2, 0.25) is 0 Å². The molecule has 0 spiro atoms. The maximum Gasteiger partial charge on any atom is 0.230 e. The highest BCUT2D eigenvalue weighted by Crippen LogP contribution is 2.47. The molecule has 2 N–H and O–H groups in total. The summed E-state index contributed by atoms with van der Waals surface area (Å²) in [5.41, 5.74) is 5.62. The van der Waals surface area contributed by atoms with E-state index in [0.717, 1.165) is 25.9 Å². The standard InChI is InChI=1S/C14H27N3O/c1-16(2)9-10-17(12-5-3-4-6-12)13(18)14(11-15)7-8-14/h12H,3-11,15H2,1-2H3. The van der Waals surface area contributed by atoms with Gasteiger partial charge in [0.25, 0.3) is 0 Å². The van der Waals surface area contributed by atoms with E-state index in [0.29, 0.717) is 18.5 Å². The Kier molecular flexibility index (Phi) is 4.28. The van der Waals surface area contributed by atoms with E-state index in [4.69, 9.17) is 5.73 Å². The number of rotatable bonds is 6. The van der Waals surface area contributed by atoms with E-state index >= 15 is 0 Å². The van der Waals surface area contributed by atoms with Crippen LogP contribution < -0.4 is 5.73 Å².